The Hall–Kier alpha value is -2.25. The molecule has 0 aliphatic carbocycles. The van der Waals surface area contributed by atoms with Crippen LogP contribution in [-0.4, -0.2) is 57.9 Å². The molecule has 0 aromatic carbocycles. The fraction of sp³-hybridized carbons (Fsp3) is 0.500. The molecule has 3 heterocycles. The van der Waals surface area contributed by atoms with E-state index in [1.165, 1.54) is 0 Å². The topological polar surface area (TPSA) is 72.3 Å². The highest BCUT2D eigenvalue weighted by Crippen LogP contribution is 2.28. The van der Waals surface area contributed by atoms with Gasteiger partial charge in [0.25, 0.3) is 5.91 Å². The van der Waals surface area contributed by atoms with Crippen LogP contribution < -0.4 is 5.32 Å². The van der Waals surface area contributed by atoms with Gasteiger partial charge in [0.2, 0.25) is 0 Å². The second-order valence-electron chi connectivity index (χ2n) is 6.28. The van der Waals surface area contributed by atoms with Gasteiger partial charge in [-0.3, -0.25) is 19.4 Å². The molecule has 2 aromatic rings. The molecule has 7 heteroatoms. The third kappa shape index (κ3) is 3.88. The molecule has 7 nitrogen and oxygen atoms in total. The molecule has 1 N–H and O–H groups in total. The quantitative estimate of drug-likeness (QED) is 0.886. The number of nitrogens with one attached hydrogen (secondary N) is 1. The minimum absolute atomic E-state index is 0.0859. The Labute approximate surface area is 148 Å². The molecule has 0 unspecified atom stereocenters. The summed E-state index contributed by atoms with van der Waals surface area (Å²) in [6, 6.07) is 3.65. The average molecular weight is 343 g/mol. The Balaban J connectivity index is 1.73. The standard InChI is InChI=1S/C18H25N5O2/c1-4-23-8-9-25-16(17(23)14-10-21-22(3)12-14)11-20-18(24)15-6-5-7-19-13(15)2/h5-7,10,12,16-17H,4,8-9,11H2,1-3H3,(H,20,24)/t16-,17-/m0/s1. The zero-order valence-corrected chi connectivity index (χ0v) is 15.0. The lowest BCUT2D eigenvalue weighted by molar-refractivity contribution is -0.0685. The fourth-order valence-electron chi connectivity index (χ4n) is 3.34. The van der Waals surface area contributed by atoms with Gasteiger partial charge < -0.3 is 10.1 Å². The predicted molar refractivity (Wildman–Crippen MR) is 94.2 cm³/mol. The minimum Gasteiger partial charge on any atom is -0.373 e. The lowest BCUT2D eigenvalue weighted by Crippen LogP contribution is -2.49. The molecule has 1 fully saturated rings. The van der Waals surface area contributed by atoms with Crippen LogP contribution in [0.1, 0.15) is 34.6 Å². The van der Waals surface area contributed by atoms with Crippen LogP contribution in [0.3, 0.4) is 0 Å². The summed E-state index contributed by atoms with van der Waals surface area (Å²) < 4.78 is 7.79. The second kappa shape index (κ2) is 7.76. The number of pyridine rings is 1. The molecule has 25 heavy (non-hydrogen) atoms. The number of hydrogen-bond acceptors (Lipinski definition) is 5. The number of amides is 1. The molecule has 134 valence electrons. The van der Waals surface area contributed by atoms with Crippen molar-refractivity contribution in [1.82, 2.24) is 25.0 Å². The summed E-state index contributed by atoms with van der Waals surface area (Å²) in [6.07, 6.45) is 5.47. The maximum atomic E-state index is 12.5. The van der Waals surface area contributed by atoms with Gasteiger partial charge in [-0.25, -0.2) is 0 Å². The van der Waals surface area contributed by atoms with Crippen LogP contribution in [0.25, 0.3) is 0 Å². The van der Waals surface area contributed by atoms with Gasteiger partial charge in [-0.2, -0.15) is 5.10 Å². The van der Waals surface area contributed by atoms with Crippen LogP contribution in [0.4, 0.5) is 0 Å². The average Bonchev–Trinajstić information content (AvgIpc) is 3.05. The van der Waals surface area contributed by atoms with Crippen LogP contribution in [0, 0.1) is 6.92 Å². The van der Waals surface area contributed by atoms with Gasteiger partial charge in [-0.1, -0.05) is 6.92 Å². The van der Waals surface area contributed by atoms with E-state index in [4.69, 9.17) is 4.74 Å². The number of morpholine rings is 1. The highest BCUT2D eigenvalue weighted by Gasteiger charge is 2.33. The van der Waals surface area contributed by atoms with Crippen molar-refractivity contribution in [3.8, 4) is 0 Å². The summed E-state index contributed by atoms with van der Waals surface area (Å²) >= 11 is 0. The number of aryl methyl sites for hydroxylation is 2. The van der Waals surface area contributed by atoms with E-state index in [0.29, 0.717) is 18.7 Å². The maximum absolute atomic E-state index is 12.5. The summed E-state index contributed by atoms with van der Waals surface area (Å²) in [5, 5.41) is 7.29. The molecule has 2 aromatic heterocycles. The zero-order chi connectivity index (χ0) is 17.8. The SMILES string of the molecule is CCN1CCO[C@@H](CNC(=O)c2cccnc2C)[C@@H]1c1cnn(C)c1. The Morgan fingerprint density at radius 1 is 1.48 bits per heavy atom. The maximum Gasteiger partial charge on any atom is 0.253 e. The van der Waals surface area contributed by atoms with Gasteiger partial charge in [0.1, 0.15) is 0 Å². The third-order valence-electron chi connectivity index (χ3n) is 4.64. The number of ether oxygens (including phenoxy) is 1. The fourth-order valence-corrected chi connectivity index (χ4v) is 3.34. The largest absolute Gasteiger partial charge is 0.373 e. The van der Waals surface area contributed by atoms with Gasteiger partial charge in [-0.15, -0.1) is 0 Å². The molecule has 1 aliphatic heterocycles. The Bertz CT molecular complexity index is 730. The normalized spacial score (nSPS) is 21.2. The van der Waals surface area contributed by atoms with Crippen molar-refractivity contribution in [2.24, 2.45) is 7.05 Å². The molecule has 2 atom stereocenters. The molecule has 0 saturated carbocycles. The van der Waals surface area contributed by atoms with E-state index >= 15 is 0 Å². The summed E-state index contributed by atoms with van der Waals surface area (Å²) in [4.78, 5) is 19.0. The Kier molecular flexibility index (Phi) is 5.45. The first-order chi connectivity index (χ1) is 12.1. The van der Waals surface area contributed by atoms with E-state index in [0.717, 1.165) is 24.3 Å². The van der Waals surface area contributed by atoms with Crippen molar-refractivity contribution >= 4 is 5.91 Å². The lowest BCUT2D eigenvalue weighted by atomic mass is 10.0. The first-order valence-corrected chi connectivity index (χ1v) is 8.64. The second-order valence-corrected chi connectivity index (χ2v) is 6.28. The lowest BCUT2D eigenvalue weighted by Gasteiger charge is -2.40. The smallest absolute Gasteiger partial charge is 0.253 e. The molecule has 1 amide bonds. The van der Waals surface area contributed by atoms with Crippen LogP contribution in [0.5, 0.6) is 0 Å². The molecule has 0 radical (unpaired) electrons. The van der Waals surface area contributed by atoms with Gasteiger partial charge in [0.05, 0.1) is 30.5 Å². The van der Waals surface area contributed by atoms with Crippen molar-refractivity contribution < 1.29 is 9.53 Å². The number of likely N-dealkylation sites (N-methyl/N-ethyl adjacent to an activating group) is 1. The van der Waals surface area contributed by atoms with Crippen molar-refractivity contribution in [1.29, 1.82) is 0 Å². The summed E-state index contributed by atoms with van der Waals surface area (Å²) in [7, 11) is 1.91. The van der Waals surface area contributed by atoms with E-state index in [1.54, 1.807) is 23.0 Å². The van der Waals surface area contributed by atoms with E-state index in [1.807, 2.05) is 26.4 Å². The van der Waals surface area contributed by atoms with Crippen molar-refractivity contribution in [3.05, 3.63) is 47.5 Å². The van der Waals surface area contributed by atoms with Crippen LogP contribution in [-0.2, 0) is 11.8 Å². The van der Waals surface area contributed by atoms with Crippen LogP contribution >= 0.6 is 0 Å². The first-order valence-electron chi connectivity index (χ1n) is 8.64. The van der Waals surface area contributed by atoms with Crippen LogP contribution in [0.2, 0.25) is 0 Å². The van der Waals surface area contributed by atoms with Gasteiger partial charge in [-0.05, 0) is 25.6 Å². The van der Waals surface area contributed by atoms with Crippen molar-refractivity contribution in [3.63, 3.8) is 0 Å². The summed E-state index contributed by atoms with van der Waals surface area (Å²) in [6.45, 7) is 6.89. The monoisotopic (exact) mass is 343 g/mol. The predicted octanol–water partition coefficient (Wildman–Crippen LogP) is 1.32. The number of carbonyl (C=O) groups is 1. The molecule has 3 rings (SSSR count). The molecule has 1 saturated heterocycles. The minimum atomic E-state index is -0.118. The number of rotatable bonds is 5. The Morgan fingerprint density at radius 2 is 2.32 bits per heavy atom. The molecule has 0 spiro atoms. The summed E-state index contributed by atoms with van der Waals surface area (Å²) in [5.41, 5.74) is 2.44. The highest BCUT2D eigenvalue weighted by molar-refractivity contribution is 5.95. The molecule has 0 bridgehead atoms. The molecular weight excluding hydrogens is 318 g/mol. The van der Waals surface area contributed by atoms with E-state index < -0.39 is 0 Å². The third-order valence-corrected chi connectivity index (χ3v) is 4.64. The van der Waals surface area contributed by atoms with E-state index in [9.17, 15) is 4.79 Å². The van der Waals surface area contributed by atoms with Crippen LogP contribution in [0.15, 0.2) is 30.7 Å². The van der Waals surface area contributed by atoms with E-state index in [2.05, 4.69) is 27.2 Å². The summed E-state index contributed by atoms with van der Waals surface area (Å²) in [5.74, 6) is -0.118. The molecule has 1 aliphatic rings. The number of carbonyl (C=O) groups excluding carboxylic acids is 1. The number of nitrogens with zero attached hydrogens (tertiary/aromatic N) is 4. The number of aromatic nitrogens is 3. The first kappa shape index (κ1) is 17.6. The van der Waals surface area contributed by atoms with Gasteiger partial charge in [0.15, 0.2) is 0 Å². The number of hydrogen-bond donors (Lipinski definition) is 1. The zero-order valence-electron chi connectivity index (χ0n) is 15.0. The van der Waals surface area contributed by atoms with Gasteiger partial charge in [0, 0.05) is 43.8 Å². The highest BCUT2D eigenvalue weighted by atomic mass is 16.5. The Morgan fingerprint density at radius 3 is 3.00 bits per heavy atom. The van der Waals surface area contributed by atoms with E-state index in [-0.39, 0.29) is 18.1 Å². The van der Waals surface area contributed by atoms with Crippen molar-refractivity contribution in [2.75, 3.05) is 26.2 Å². The van der Waals surface area contributed by atoms with Gasteiger partial charge >= 0.3 is 0 Å². The van der Waals surface area contributed by atoms with Crippen molar-refractivity contribution in [2.45, 2.75) is 26.0 Å². The molecular formula is C18H25N5O2.